The average molecular weight is 416 g/mol. The van der Waals surface area contributed by atoms with Crippen LogP contribution >= 0.6 is 15.9 Å². The Morgan fingerprint density at radius 2 is 1.77 bits per heavy atom. The van der Waals surface area contributed by atoms with Gasteiger partial charge in [-0.3, -0.25) is 0 Å². The van der Waals surface area contributed by atoms with Crippen molar-refractivity contribution in [2.24, 2.45) is 0 Å². The van der Waals surface area contributed by atoms with Crippen molar-refractivity contribution in [2.75, 3.05) is 0 Å². The lowest BCUT2D eigenvalue weighted by Gasteiger charge is -2.22. The number of aryl methyl sites for hydroxylation is 1. The fraction of sp³-hybridized carbons (Fsp3) is 0.478. The molecule has 0 spiro atoms. The number of benzene rings is 2. The summed E-state index contributed by atoms with van der Waals surface area (Å²) in [6.07, 6.45) is 9.50. The molecule has 0 heterocycles. The molecule has 2 aromatic rings. The maximum absolute atomic E-state index is 6.16. The molecule has 0 bridgehead atoms. The van der Waals surface area contributed by atoms with Crippen molar-refractivity contribution in [3.8, 4) is 5.75 Å². The van der Waals surface area contributed by atoms with E-state index in [0.29, 0.717) is 12.6 Å². The SMILES string of the molecule is Cc1cccc(COc2ccc(Br)cc2CNC2CCCCCCC2)c1. The van der Waals surface area contributed by atoms with Crippen molar-refractivity contribution < 1.29 is 4.74 Å². The second-order valence-corrected chi connectivity index (χ2v) is 8.37. The van der Waals surface area contributed by atoms with Gasteiger partial charge in [0.15, 0.2) is 0 Å². The van der Waals surface area contributed by atoms with Crippen LogP contribution < -0.4 is 10.1 Å². The molecule has 1 N–H and O–H groups in total. The van der Waals surface area contributed by atoms with Crippen molar-refractivity contribution in [1.82, 2.24) is 5.32 Å². The van der Waals surface area contributed by atoms with Crippen molar-refractivity contribution >= 4 is 15.9 Å². The molecule has 0 atom stereocenters. The molecule has 1 aliphatic rings. The van der Waals surface area contributed by atoms with Crippen LogP contribution in [-0.4, -0.2) is 6.04 Å². The monoisotopic (exact) mass is 415 g/mol. The van der Waals surface area contributed by atoms with Crippen LogP contribution in [0.15, 0.2) is 46.9 Å². The molecule has 3 heteroatoms. The summed E-state index contributed by atoms with van der Waals surface area (Å²) >= 11 is 3.61. The highest BCUT2D eigenvalue weighted by Crippen LogP contribution is 2.25. The van der Waals surface area contributed by atoms with E-state index in [1.165, 1.54) is 61.6 Å². The molecule has 2 aromatic carbocycles. The van der Waals surface area contributed by atoms with Gasteiger partial charge in [-0.2, -0.15) is 0 Å². The largest absolute Gasteiger partial charge is 0.489 e. The molecule has 0 aromatic heterocycles. The summed E-state index contributed by atoms with van der Waals surface area (Å²) in [6, 6.07) is 15.5. The summed E-state index contributed by atoms with van der Waals surface area (Å²) in [7, 11) is 0. The fourth-order valence-electron chi connectivity index (χ4n) is 3.70. The van der Waals surface area contributed by atoms with E-state index in [4.69, 9.17) is 4.74 Å². The first-order valence-corrected chi connectivity index (χ1v) is 10.7. The Hall–Kier alpha value is -1.32. The van der Waals surface area contributed by atoms with Gasteiger partial charge in [0.05, 0.1) is 0 Å². The topological polar surface area (TPSA) is 21.3 Å². The molecular weight excluding hydrogens is 386 g/mol. The Morgan fingerprint density at radius 3 is 2.54 bits per heavy atom. The highest BCUT2D eigenvalue weighted by molar-refractivity contribution is 9.10. The van der Waals surface area contributed by atoms with Gasteiger partial charge in [0.25, 0.3) is 0 Å². The van der Waals surface area contributed by atoms with Crippen LogP contribution in [0.5, 0.6) is 5.75 Å². The lowest BCUT2D eigenvalue weighted by atomic mass is 9.96. The first-order chi connectivity index (χ1) is 12.7. The zero-order valence-electron chi connectivity index (χ0n) is 15.8. The molecular formula is C23H30BrNO. The molecule has 0 amide bonds. The second-order valence-electron chi connectivity index (χ2n) is 7.45. The van der Waals surface area contributed by atoms with E-state index in [1.54, 1.807) is 0 Å². The van der Waals surface area contributed by atoms with Crippen LogP contribution in [0, 0.1) is 6.92 Å². The van der Waals surface area contributed by atoms with Gasteiger partial charge in [-0.25, -0.2) is 0 Å². The van der Waals surface area contributed by atoms with Crippen molar-refractivity contribution in [2.45, 2.75) is 71.1 Å². The zero-order chi connectivity index (χ0) is 18.2. The minimum absolute atomic E-state index is 0.611. The Labute approximate surface area is 166 Å². The third-order valence-corrected chi connectivity index (χ3v) is 5.68. The second kappa shape index (κ2) is 10.1. The molecule has 2 nitrogen and oxygen atoms in total. The van der Waals surface area contributed by atoms with Gasteiger partial charge in [0.1, 0.15) is 12.4 Å². The number of hydrogen-bond acceptors (Lipinski definition) is 2. The number of rotatable bonds is 6. The maximum atomic E-state index is 6.16. The third kappa shape index (κ3) is 6.14. The Kier molecular flexibility index (Phi) is 7.57. The number of nitrogens with one attached hydrogen (secondary N) is 1. The van der Waals surface area contributed by atoms with Crippen LogP contribution in [0.2, 0.25) is 0 Å². The van der Waals surface area contributed by atoms with Crippen LogP contribution in [0.1, 0.15) is 61.6 Å². The van der Waals surface area contributed by atoms with Gasteiger partial charge in [-0.1, -0.05) is 77.9 Å². The molecule has 0 unspecified atom stereocenters. The number of ether oxygens (including phenoxy) is 1. The summed E-state index contributed by atoms with van der Waals surface area (Å²) < 4.78 is 7.26. The molecule has 3 rings (SSSR count). The summed E-state index contributed by atoms with van der Waals surface area (Å²) in [5.74, 6) is 0.980. The van der Waals surface area contributed by atoms with Crippen molar-refractivity contribution in [1.29, 1.82) is 0 Å². The molecule has 0 saturated heterocycles. The predicted octanol–water partition coefficient (Wildman–Crippen LogP) is 6.54. The molecule has 0 aliphatic heterocycles. The number of halogens is 1. The standard InChI is InChI=1S/C23H30BrNO/c1-18-8-7-9-19(14-18)17-26-23-13-12-21(24)15-20(23)16-25-22-10-5-3-2-4-6-11-22/h7-9,12-15,22,25H,2-6,10-11,16-17H2,1H3. The smallest absolute Gasteiger partial charge is 0.124 e. The summed E-state index contributed by atoms with van der Waals surface area (Å²) in [5.41, 5.74) is 3.72. The van der Waals surface area contributed by atoms with Crippen LogP contribution in [0.4, 0.5) is 0 Å². The van der Waals surface area contributed by atoms with Crippen LogP contribution in [-0.2, 0) is 13.2 Å². The Balaban J connectivity index is 1.61. The summed E-state index contributed by atoms with van der Waals surface area (Å²) in [4.78, 5) is 0. The Morgan fingerprint density at radius 1 is 1.00 bits per heavy atom. The minimum Gasteiger partial charge on any atom is -0.489 e. The molecule has 0 radical (unpaired) electrons. The van der Waals surface area contributed by atoms with E-state index >= 15 is 0 Å². The van der Waals surface area contributed by atoms with Gasteiger partial charge in [0, 0.05) is 22.6 Å². The van der Waals surface area contributed by atoms with Gasteiger partial charge < -0.3 is 10.1 Å². The van der Waals surface area contributed by atoms with E-state index in [0.717, 1.165) is 16.8 Å². The average Bonchev–Trinajstić information content (AvgIpc) is 2.60. The molecule has 1 saturated carbocycles. The first-order valence-electron chi connectivity index (χ1n) is 9.91. The molecule has 1 fully saturated rings. The van der Waals surface area contributed by atoms with E-state index in [1.807, 2.05) is 0 Å². The zero-order valence-corrected chi connectivity index (χ0v) is 17.4. The van der Waals surface area contributed by atoms with E-state index in [-0.39, 0.29) is 0 Å². The lowest BCUT2D eigenvalue weighted by molar-refractivity contribution is 0.300. The third-order valence-electron chi connectivity index (χ3n) is 5.19. The quantitative estimate of drug-likeness (QED) is 0.577. The fourth-order valence-corrected chi connectivity index (χ4v) is 4.11. The van der Waals surface area contributed by atoms with Crippen molar-refractivity contribution in [3.63, 3.8) is 0 Å². The number of hydrogen-bond donors (Lipinski definition) is 1. The maximum Gasteiger partial charge on any atom is 0.124 e. The summed E-state index contributed by atoms with van der Waals surface area (Å²) in [6.45, 7) is 3.60. The van der Waals surface area contributed by atoms with Gasteiger partial charge in [0.2, 0.25) is 0 Å². The Bertz CT molecular complexity index is 692. The van der Waals surface area contributed by atoms with Gasteiger partial charge in [-0.15, -0.1) is 0 Å². The highest BCUT2D eigenvalue weighted by atomic mass is 79.9. The molecule has 26 heavy (non-hydrogen) atoms. The van der Waals surface area contributed by atoms with E-state index in [2.05, 4.69) is 70.6 Å². The lowest BCUT2D eigenvalue weighted by Crippen LogP contribution is -2.29. The normalized spacial score (nSPS) is 16.1. The summed E-state index contributed by atoms with van der Waals surface area (Å²) in [5, 5.41) is 3.78. The first kappa shape index (κ1) is 19.4. The van der Waals surface area contributed by atoms with Crippen LogP contribution in [0.3, 0.4) is 0 Å². The minimum atomic E-state index is 0.611. The molecule has 1 aliphatic carbocycles. The van der Waals surface area contributed by atoms with E-state index in [9.17, 15) is 0 Å². The predicted molar refractivity (Wildman–Crippen MR) is 113 cm³/mol. The van der Waals surface area contributed by atoms with Crippen LogP contribution in [0.25, 0.3) is 0 Å². The molecule has 140 valence electrons. The van der Waals surface area contributed by atoms with Crippen molar-refractivity contribution in [3.05, 3.63) is 63.6 Å². The van der Waals surface area contributed by atoms with E-state index < -0.39 is 0 Å². The van der Waals surface area contributed by atoms with Gasteiger partial charge >= 0.3 is 0 Å². The van der Waals surface area contributed by atoms with Gasteiger partial charge in [-0.05, 0) is 43.5 Å². The highest BCUT2D eigenvalue weighted by Gasteiger charge is 2.12.